The molecule has 0 bridgehead atoms. The van der Waals surface area contributed by atoms with Crippen LogP contribution >= 0.6 is 0 Å². The minimum Gasteiger partial charge on any atom is -0.399 e. The first-order valence-corrected chi connectivity index (χ1v) is 11.4. The highest BCUT2D eigenvalue weighted by Crippen LogP contribution is 2.36. The lowest BCUT2D eigenvalue weighted by Crippen LogP contribution is -2.41. The van der Waals surface area contributed by atoms with Gasteiger partial charge in [0, 0.05) is 17.8 Å². The van der Waals surface area contributed by atoms with Gasteiger partial charge in [0.25, 0.3) is 0 Å². The summed E-state index contributed by atoms with van der Waals surface area (Å²) in [5.41, 5.74) is 8.06. The van der Waals surface area contributed by atoms with Crippen LogP contribution < -0.4 is 21.8 Å². The van der Waals surface area contributed by atoms with Crippen molar-refractivity contribution >= 4 is 35.6 Å². The van der Waals surface area contributed by atoms with Gasteiger partial charge in [-0.3, -0.25) is 0 Å². The van der Waals surface area contributed by atoms with Gasteiger partial charge in [-0.25, -0.2) is 4.98 Å². The quantitative estimate of drug-likeness (QED) is 0.603. The third-order valence-corrected chi connectivity index (χ3v) is 6.82. The molecule has 0 amide bonds. The maximum absolute atomic E-state index is 9.56. The van der Waals surface area contributed by atoms with Crippen molar-refractivity contribution in [3.8, 4) is 6.07 Å². The zero-order chi connectivity index (χ0) is 22.9. The Morgan fingerprint density at radius 2 is 1.69 bits per heavy atom. The van der Waals surface area contributed by atoms with Crippen molar-refractivity contribution in [1.82, 2.24) is 4.98 Å². The van der Waals surface area contributed by atoms with Crippen molar-refractivity contribution in [1.29, 1.82) is 5.26 Å². The van der Waals surface area contributed by atoms with Gasteiger partial charge < -0.3 is 25.7 Å². The van der Waals surface area contributed by atoms with E-state index in [2.05, 4.69) is 21.7 Å². The molecule has 1 aliphatic carbocycles. The number of rotatable bonds is 5. The number of pyridine rings is 1. The van der Waals surface area contributed by atoms with E-state index in [4.69, 9.17) is 15.0 Å². The number of hydrogen-bond donors (Lipinski definition) is 3. The first kappa shape index (κ1) is 22.4. The SMILES string of the molecule is CC1(C)OB(c2ccc(Nc3cc(N)c(C#N)c(NC4CCCCC4)n3)cc2)OC1(C)C. The smallest absolute Gasteiger partial charge is 0.399 e. The summed E-state index contributed by atoms with van der Waals surface area (Å²) in [6.07, 6.45) is 5.83. The summed E-state index contributed by atoms with van der Waals surface area (Å²) < 4.78 is 12.3. The Morgan fingerprint density at radius 3 is 2.28 bits per heavy atom. The molecule has 168 valence electrons. The lowest BCUT2D eigenvalue weighted by atomic mass is 9.79. The third kappa shape index (κ3) is 4.55. The monoisotopic (exact) mass is 433 g/mol. The second kappa shape index (κ2) is 8.65. The molecule has 1 saturated heterocycles. The molecule has 0 spiro atoms. The van der Waals surface area contributed by atoms with Crippen molar-refractivity contribution in [2.75, 3.05) is 16.4 Å². The fraction of sp³-hybridized carbons (Fsp3) is 0.500. The zero-order valence-corrected chi connectivity index (χ0v) is 19.4. The fourth-order valence-electron chi connectivity index (χ4n) is 4.14. The lowest BCUT2D eigenvalue weighted by molar-refractivity contribution is 0.00578. The van der Waals surface area contributed by atoms with E-state index in [0.29, 0.717) is 28.9 Å². The second-order valence-corrected chi connectivity index (χ2v) is 9.75. The van der Waals surface area contributed by atoms with Crippen LogP contribution in [0.25, 0.3) is 0 Å². The van der Waals surface area contributed by atoms with E-state index in [1.807, 2.05) is 52.0 Å². The van der Waals surface area contributed by atoms with Crippen molar-refractivity contribution in [2.45, 2.75) is 77.0 Å². The van der Waals surface area contributed by atoms with E-state index in [-0.39, 0.29) is 11.2 Å². The molecule has 4 rings (SSSR count). The number of anilines is 4. The highest BCUT2D eigenvalue weighted by Gasteiger charge is 2.51. The molecular formula is C24H32BN5O2. The van der Waals surface area contributed by atoms with Crippen LogP contribution in [0.15, 0.2) is 30.3 Å². The van der Waals surface area contributed by atoms with Crippen LogP contribution in [0, 0.1) is 11.3 Å². The molecule has 2 aromatic rings. The molecule has 1 aliphatic heterocycles. The predicted molar refractivity (Wildman–Crippen MR) is 129 cm³/mol. The minimum absolute atomic E-state index is 0.331. The van der Waals surface area contributed by atoms with E-state index in [9.17, 15) is 5.26 Å². The number of benzene rings is 1. The van der Waals surface area contributed by atoms with Gasteiger partial charge in [-0.05, 0) is 58.1 Å². The summed E-state index contributed by atoms with van der Waals surface area (Å²) in [7, 11) is -0.399. The van der Waals surface area contributed by atoms with E-state index in [1.165, 1.54) is 19.3 Å². The number of hydrogen-bond acceptors (Lipinski definition) is 7. The largest absolute Gasteiger partial charge is 0.494 e. The number of nitriles is 1. The first-order valence-electron chi connectivity index (χ1n) is 11.4. The van der Waals surface area contributed by atoms with Crippen LogP contribution in [0.1, 0.15) is 65.4 Å². The second-order valence-electron chi connectivity index (χ2n) is 9.75. The fourth-order valence-corrected chi connectivity index (χ4v) is 4.14. The summed E-state index contributed by atoms with van der Waals surface area (Å²) in [5.74, 6) is 1.15. The minimum atomic E-state index is -0.399. The molecule has 0 unspecified atom stereocenters. The summed E-state index contributed by atoms with van der Waals surface area (Å²) >= 11 is 0. The molecular weight excluding hydrogens is 401 g/mol. The Hall–Kier alpha value is -2.76. The van der Waals surface area contributed by atoms with Gasteiger partial charge in [0.05, 0.1) is 16.9 Å². The maximum Gasteiger partial charge on any atom is 0.494 e. The van der Waals surface area contributed by atoms with E-state index >= 15 is 0 Å². The molecule has 8 heteroatoms. The Kier molecular flexibility index (Phi) is 6.06. The zero-order valence-electron chi connectivity index (χ0n) is 19.4. The molecule has 4 N–H and O–H groups in total. The highest BCUT2D eigenvalue weighted by atomic mass is 16.7. The first-order chi connectivity index (χ1) is 15.2. The molecule has 2 heterocycles. The summed E-state index contributed by atoms with van der Waals surface area (Å²) in [4.78, 5) is 4.66. The van der Waals surface area contributed by atoms with Gasteiger partial charge in [-0.15, -0.1) is 0 Å². The lowest BCUT2D eigenvalue weighted by Gasteiger charge is -2.32. The maximum atomic E-state index is 9.56. The molecule has 7 nitrogen and oxygen atoms in total. The van der Waals surface area contributed by atoms with Crippen molar-refractivity contribution in [3.63, 3.8) is 0 Å². The van der Waals surface area contributed by atoms with Crippen molar-refractivity contribution < 1.29 is 9.31 Å². The molecule has 0 radical (unpaired) electrons. The van der Waals surface area contributed by atoms with E-state index in [1.54, 1.807) is 6.07 Å². The number of nitrogen functional groups attached to an aromatic ring is 1. The van der Waals surface area contributed by atoms with Crippen LogP contribution in [0.3, 0.4) is 0 Å². The highest BCUT2D eigenvalue weighted by molar-refractivity contribution is 6.62. The van der Waals surface area contributed by atoms with Gasteiger partial charge >= 0.3 is 7.12 Å². The topological polar surface area (TPSA) is 105 Å². The van der Waals surface area contributed by atoms with Gasteiger partial charge in [0.15, 0.2) is 0 Å². The Morgan fingerprint density at radius 1 is 1.06 bits per heavy atom. The summed E-state index contributed by atoms with van der Waals surface area (Å²) in [6.45, 7) is 8.18. The third-order valence-electron chi connectivity index (χ3n) is 6.82. The predicted octanol–water partition coefficient (Wildman–Crippen LogP) is 4.32. The van der Waals surface area contributed by atoms with Gasteiger partial charge in [0.1, 0.15) is 23.3 Å². The average molecular weight is 433 g/mol. The number of nitrogens with two attached hydrogens (primary N) is 1. The number of nitrogens with one attached hydrogen (secondary N) is 2. The van der Waals surface area contributed by atoms with Crippen LogP contribution in [-0.2, 0) is 9.31 Å². The van der Waals surface area contributed by atoms with Crippen LogP contribution in [0.4, 0.5) is 23.0 Å². The van der Waals surface area contributed by atoms with Gasteiger partial charge in [0.2, 0.25) is 0 Å². The Labute approximate surface area is 190 Å². The normalized spacial score (nSPS) is 20.0. The summed E-state index contributed by atoms with van der Waals surface area (Å²) in [5, 5.41) is 16.3. The molecule has 1 saturated carbocycles. The van der Waals surface area contributed by atoms with Crippen LogP contribution in [0.5, 0.6) is 0 Å². The Bertz CT molecular complexity index is 994. The molecule has 2 aliphatic rings. The Balaban J connectivity index is 1.50. The summed E-state index contributed by atoms with van der Waals surface area (Å²) in [6, 6.07) is 12.1. The van der Waals surface area contributed by atoms with Crippen LogP contribution in [-0.4, -0.2) is 29.3 Å². The van der Waals surface area contributed by atoms with Crippen molar-refractivity contribution in [3.05, 3.63) is 35.9 Å². The number of aromatic nitrogens is 1. The molecule has 1 aromatic heterocycles. The number of nitrogens with zero attached hydrogens (tertiary/aromatic N) is 2. The standard InChI is InChI=1S/C24H32BN5O2/c1-23(2)24(3,4)32-25(31-23)16-10-12-18(13-11-16)28-21-14-20(27)19(15-26)22(30-21)29-17-8-6-5-7-9-17/h10-14,17H,5-9H2,1-4H3,(H4,27,28,29,30). The van der Waals surface area contributed by atoms with E-state index in [0.717, 1.165) is 24.0 Å². The average Bonchev–Trinajstić information content (AvgIpc) is 2.96. The molecule has 32 heavy (non-hydrogen) atoms. The van der Waals surface area contributed by atoms with Crippen molar-refractivity contribution in [2.24, 2.45) is 0 Å². The van der Waals surface area contributed by atoms with E-state index < -0.39 is 7.12 Å². The molecule has 2 fully saturated rings. The van der Waals surface area contributed by atoms with Gasteiger partial charge in [-0.1, -0.05) is 31.4 Å². The van der Waals surface area contributed by atoms with Gasteiger partial charge in [-0.2, -0.15) is 5.26 Å². The molecule has 0 atom stereocenters. The molecule has 1 aromatic carbocycles. The van der Waals surface area contributed by atoms with Crippen LogP contribution in [0.2, 0.25) is 0 Å².